The topological polar surface area (TPSA) is 99.1 Å². The lowest BCUT2D eigenvalue weighted by atomic mass is 9.98. The number of carbonyl (C=O) groups is 2. The van der Waals surface area contributed by atoms with Gasteiger partial charge in [-0.1, -0.05) is 12.1 Å². The first-order valence-electron chi connectivity index (χ1n) is 12.6. The highest BCUT2D eigenvalue weighted by Gasteiger charge is 2.34. The molecule has 0 bridgehead atoms. The van der Waals surface area contributed by atoms with Crippen molar-refractivity contribution in [2.75, 3.05) is 39.3 Å². The zero-order chi connectivity index (χ0) is 29.2. The molecule has 1 saturated heterocycles. The molecule has 3 aromatic rings. The van der Waals surface area contributed by atoms with Crippen LogP contribution in [0.15, 0.2) is 65.6 Å². The molecule has 4 rings (SSSR count). The predicted octanol–water partition coefficient (Wildman–Crippen LogP) is 3.98. The van der Waals surface area contributed by atoms with Crippen LogP contribution in [0.1, 0.15) is 33.8 Å². The molecule has 0 aliphatic carbocycles. The van der Waals surface area contributed by atoms with Crippen LogP contribution in [0.5, 0.6) is 11.5 Å². The number of alkyl halides is 2. The maximum absolute atomic E-state index is 12.9. The minimum atomic E-state index is -2.85. The van der Waals surface area contributed by atoms with E-state index in [0.717, 1.165) is 16.9 Å². The largest absolute Gasteiger partial charge is 0.497 e. The number of pyridine rings is 1. The van der Waals surface area contributed by atoms with Gasteiger partial charge in [0.05, 0.1) is 13.7 Å². The van der Waals surface area contributed by atoms with Crippen molar-refractivity contribution >= 4 is 17.5 Å². The van der Waals surface area contributed by atoms with E-state index in [2.05, 4.69) is 10.1 Å². The van der Waals surface area contributed by atoms with E-state index in [9.17, 15) is 23.2 Å². The number of nitrogens with zero attached hydrogens (tertiary/aromatic N) is 2. The Hall–Kier alpha value is -4.25. The fraction of sp³-hybridized carbons (Fsp3) is 0.345. The molecule has 1 aliphatic rings. The molecule has 2 amide bonds. The summed E-state index contributed by atoms with van der Waals surface area (Å²) in [6, 6.07) is 15.1. The van der Waals surface area contributed by atoms with E-state index >= 15 is 0 Å². The van der Waals surface area contributed by atoms with Crippen molar-refractivity contribution in [3.8, 4) is 11.5 Å². The Balaban J connectivity index is 0.000000267. The summed E-state index contributed by atoms with van der Waals surface area (Å²) in [6.45, 7) is 0.444. The zero-order valence-corrected chi connectivity index (χ0v) is 22.9. The van der Waals surface area contributed by atoms with Crippen LogP contribution in [0, 0.1) is 6.92 Å². The van der Waals surface area contributed by atoms with Crippen LogP contribution in [0.25, 0.3) is 0 Å². The number of aromatic nitrogens is 1. The molecule has 0 saturated carbocycles. The molecule has 0 radical (unpaired) electrons. The van der Waals surface area contributed by atoms with Gasteiger partial charge in [0.25, 0.3) is 11.5 Å². The normalized spacial score (nSPS) is 14.5. The lowest BCUT2D eigenvalue weighted by Gasteiger charge is -2.20. The van der Waals surface area contributed by atoms with E-state index in [-0.39, 0.29) is 29.0 Å². The molecule has 1 fully saturated rings. The minimum absolute atomic E-state index is 0.0180. The van der Waals surface area contributed by atoms with E-state index in [0.29, 0.717) is 37.4 Å². The predicted molar refractivity (Wildman–Crippen MR) is 146 cm³/mol. The third kappa shape index (κ3) is 7.66. The lowest BCUT2D eigenvalue weighted by Crippen LogP contribution is -2.34. The van der Waals surface area contributed by atoms with Crippen LogP contribution in [0.3, 0.4) is 0 Å². The fourth-order valence-electron chi connectivity index (χ4n) is 4.30. The van der Waals surface area contributed by atoms with E-state index in [1.54, 1.807) is 29.9 Å². The first-order chi connectivity index (χ1) is 19.2. The summed E-state index contributed by atoms with van der Waals surface area (Å²) in [6.07, 6.45) is 2.15. The van der Waals surface area contributed by atoms with Crippen LogP contribution < -0.4 is 25.2 Å². The van der Waals surface area contributed by atoms with Crippen molar-refractivity contribution in [1.29, 1.82) is 0 Å². The number of nitrogens with one attached hydrogen (secondary N) is 1. The molecule has 2 aromatic carbocycles. The van der Waals surface area contributed by atoms with Gasteiger partial charge in [-0.3, -0.25) is 14.4 Å². The number of anilines is 1. The summed E-state index contributed by atoms with van der Waals surface area (Å²) in [5.74, 6) is 0.603. The number of hydrogen-bond donors (Lipinski definition) is 1. The average Bonchev–Trinajstić information content (AvgIpc) is 3.33. The fourth-order valence-corrected chi connectivity index (χ4v) is 4.30. The minimum Gasteiger partial charge on any atom is -0.497 e. The van der Waals surface area contributed by atoms with E-state index in [1.807, 2.05) is 37.3 Å². The van der Waals surface area contributed by atoms with Gasteiger partial charge in [-0.15, -0.1) is 0 Å². The van der Waals surface area contributed by atoms with Gasteiger partial charge >= 0.3 is 6.61 Å². The molecule has 1 atom stereocenters. The number of halogens is 2. The average molecular weight is 558 g/mol. The van der Waals surface area contributed by atoms with Crippen LogP contribution in [0.2, 0.25) is 0 Å². The van der Waals surface area contributed by atoms with Gasteiger partial charge in [0, 0.05) is 51.3 Å². The Kier molecular flexibility index (Phi) is 10.8. The molecule has 1 aromatic heterocycles. The number of aryl methyl sites for hydroxylation is 1. The molecule has 1 unspecified atom stereocenters. The summed E-state index contributed by atoms with van der Waals surface area (Å²) in [4.78, 5) is 38.2. The number of carbonyl (C=O) groups excluding carboxylic acids is 2. The van der Waals surface area contributed by atoms with E-state index in [1.165, 1.54) is 31.3 Å². The quantitative estimate of drug-likeness (QED) is 0.428. The number of hydrogen-bond acceptors (Lipinski definition) is 6. The summed E-state index contributed by atoms with van der Waals surface area (Å²) >= 11 is 0. The first kappa shape index (κ1) is 30.3. The highest BCUT2D eigenvalue weighted by molar-refractivity contribution is 5.97. The van der Waals surface area contributed by atoms with Crippen molar-refractivity contribution in [3.63, 3.8) is 0 Å². The number of methoxy groups -OCH3 is 2. The molecule has 214 valence electrons. The first-order valence-corrected chi connectivity index (χ1v) is 12.6. The Bertz CT molecular complexity index is 1340. The summed E-state index contributed by atoms with van der Waals surface area (Å²) in [5.41, 5.74) is 2.62. The van der Waals surface area contributed by atoms with E-state index in [4.69, 9.17) is 9.47 Å². The number of rotatable bonds is 9. The second-order valence-electron chi connectivity index (χ2n) is 9.00. The highest BCUT2D eigenvalue weighted by atomic mass is 19.3. The summed E-state index contributed by atoms with van der Waals surface area (Å²) < 4.78 is 39.5. The van der Waals surface area contributed by atoms with E-state index < -0.39 is 6.61 Å². The van der Waals surface area contributed by atoms with Gasteiger partial charge < -0.3 is 29.0 Å². The second kappa shape index (κ2) is 14.2. The van der Waals surface area contributed by atoms with Crippen molar-refractivity contribution in [2.24, 2.45) is 0 Å². The highest BCUT2D eigenvalue weighted by Crippen LogP contribution is 2.32. The van der Waals surface area contributed by atoms with Gasteiger partial charge in [-0.25, -0.2) is 0 Å². The Labute approximate surface area is 231 Å². The number of benzene rings is 2. The van der Waals surface area contributed by atoms with Gasteiger partial charge in [-0.2, -0.15) is 8.78 Å². The van der Waals surface area contributed by atoms with Crippen molar-refractivity contribution in [1.82, 2.24) is 9.88 Å². The summed E-state index contributed by atoms with van der Waals surface area (Å²) in [7, 11) is 4.72. The smallest absolute Gasteiger partial charge is 0.387 e. The molecule has 1 aliphatic heterocycles. The lowest BCUT2D eigenvalue weighted by molar-refractivity contribution is -0.117. The SMILES string of the molecule is CNC(=O)c1ccc(OC(F)F)cc1.COCCn1ccc(C)c(N2CC(c3ccc(OC)cc3)CC2=O)c1=O. The molecule has 1 N–H and O–H groups in total. The van der Waals surface area contributed by atoms with Gasteiger partial charge in [0.1, 0.15) is 17.2 Å². The van der Waals surface area contributed by atoms with Crippen molar-refractivity contribution in [2.45, 2.75) is 32.4 Å². The van der Waals surface area contributed by atoms with Crippen LogP contribution in [0.4, 0.5) is 14.5 Å². The number of ether oxygens (including phenoxy) is 3. The Morgan fingerprint density at radius 3 is 2.25 bits per heavy atom. The molecule has 0 spiro atoms. The molecule has 11 heteroatoms. The maximum Gasteiger partial charge on any atom is 0.387 e. The Morgan fingerprint density at radius 1 is 1.02 bits per heavy atom. The van der Waals surface area contributed by atoms with Crippen LogP contribution in [-0.4, -0.2) is 57.4 Å². The van der Waals surface area contributed by atoms with Crippen LogP contribution in [-0.2, 0) is 16.1 Å². The van der Waals surface area contributed by atoms with Gasteiger partial charge in [0.2, 0.25) is 5.91 Å². The number of amides is 2. The monoisotopic (exact) mass is 557 g/mol. The molecular formula is C29H33F2N3O6. The van der Waals surface area contributed by atoms with Crippen molar-refractivity contribution in [3.05, 3.63) is 87.8 Å². The zero-order valence-electron chi connectivity index (χ0n) is 22.9. The molecule has 2 heterocycles. The standard InChI is InChI=1S/C20H24N2O4.C9H9F2NO2/c1-14-8-9-21(10-11-25-2)20(24)19(14)22-13-16(12-18(22)23)15-4-6-17(26-3)7-5-15;1-12-8(13)6-2-4-7(5-3-6)14-9(10)11/h4-9,16H,10-13H2,1-3H3;2-5,9H,1H3,(H,12,13). The van der Waals surface area contributed by atoms with Crippen LogP contribution >= 0.6 is 0 Å². The van der Waals surface area contributed by atoms with Gasteiger partial charge in [0.15, 0.2) is 0 Å². The van der Waals surface area contributed by atoms with Crippen molar-refractivity contribution < 1.29 is 32.6 Å². The Morgan fingerprint density at radius 2 is 1.68 bits per heavy atom. The third-order valence-corrected chi connectivity index (χ3v) is 6.43. The molecule has 40 heavy (non-hydrogen) atoms. The molecule has 9 nitrogen and oxygen atoms in total. The third-order valence-electron chi connectivity index (χ3n) is 6.43. The molecular weight excluding hydrogens is 524 g/mol. The van der Waals surface area contributed by atoms with Gasteiger partial charge in [-0.05, 0) is 60.5 Å². The maximum atomic E-state index is 12.9. The summed E-state index contributed by atoms with van der Waals surface area (Å²) in [5, 5.41) is 2.41. The second-order valence-corrected chi connectivity index (χ2v) is 9.00.